The molecule has 4 nitrogen and oxygen atoms in total. The normalized spacial score (nSPS) is 23.6. The molecule has 0 aliphatic heterocycles. The van der Waals surface area contributed by atoms with Gasteiger partial charge in [0.2, 0.25) is 0 Å². The first-order valence-corrected chi connectivity index (χ1v) is 6.82. The highest BCUT2D eigenvalue weighted by Crippen LogP contribution is 2.36. The first-order chi connectivity index (χ1) is 9.16. The number of primary amides is 1. The Labute approximate surface area is 112 Å². The number of aromatic nitrogens is 1. The van der Waals surface area contributed by atoms with E-state index in [1.165, 1.54) is 18.4 Å². The van der Waals surface area contributed by atoms with Gasteiger partial charge in [-0.2, -0.15) is 0 Å². The number of hydrogen-bond donors (Lipinski definition) is 3. The molecule has 2 atom stereocenters. The van der Waals surface area contributed by atoms with Crippen molar-refractivity contribution in [2.75, 3.05) is 0 Å². The van der Waals surface area contributed by atoms with Crippen molar-refractivity contribution in [3.8, 4) is 0 Å². The number of nitrogens with one attached hydrogen (secondary N) is 1. The Balaban J connectivity index is 2.07. The fraction of sp³-hybridized carbons (Fsp3) is 0.400. The molecule has 2 aromatic rings. The highest BCUT2D eigenvalue weighted by atomic mass is 16.1. The Morgan fingerprint density at radius 1 is 1.26 bits per heavy atom. The molecule has 100 valence electrons. The third kappa shape index (κ3) is 2.12. The van der Waals surface area contributed by atoms with Crippen molar-refractivity contribution in [1.29, 1.82) is 0 Å². The van der Waals surface area contributed by atoms with Crippen molar-refractivity contribution in [3.63, 3.8) is 0 Å². The van der Waals surface area contributed by atoms with Crippen molar-refractivity contribution < 1.29 is 4.79 Å². The van der Waals surface area contributed by atoms with Gasteiger partial charge in [0.15, 0.2) is 0 Å². The zero-order chi connectivity index (χ0) is 13.4. The molecule has 3 rings (SSSR count). The highest BCUT2D eigenvalue weighted by Gasteiger charge is 2.23. The lowest BCUT2D eigenvalue weighted by atomic mass is 9.80. The SMILES string of the molecule is NC(=O)c1ccc([C@@H]2CCC[C@@H](N)C2)c2cc[nH]c12. The smallest absolute Gasteiger partial charge is 0.250 e. The topological polar surface area (TPSA) is 84.9 Å². The molecule has 4 heteroatoms. The fourth-order valence-corrected chi connectivity index (χ4v) is 3.25. The minimum Gasteiger partial charge on any atom is -0.366 e. The summed E-state index contributed by atoms with van der Waals surface area (Å²) in [5.41, 5.74) is 14.2. The van der Waals surface area contributed by atoms with Crippen LogP contribution in [0.15, 0.2) is 24.4 Å². The lowest BCUT2D eigenvalue weighted by Gasteiger charge is -2.27. The van der Waals surface area contributed by atoms with Gasteiger partial charge in [0.1, 0.15) is 0 Å². The van der Waals surface area contributed by atoms with Crippen LogP contribution in [-0.2, 0) is 0 Å². The van der Waals surface area contributed by atoms with E-state index in [-0.39, 0.29) is 5.91 Å². The summed E-state index contributed by atoms with van der Waals surface area (Å²) >= 11 is 0. The lowest BCUT2D eigenvalue weighted by Crippen LogP contribution is -2.27. The predicted octanol–water partition coefficient (Wildman–Crippen LogP) is 2.25. The number of carbonyl (C=O) groups excluding carboxylic acids is 1. The Morgan fingerprint density at radius 2 is 2.11 bits per heavy atom. The number of fused-ring (bicyclic) bond motifs is 1. The number of aromatic amines is 1. The highest BCUT2D eigenvalue weighted by molar-refractivity contribution is 6.05. The summed E-state index contributed by atoms with van der Waals surface area (Å²) in [6, 6.07) is 6.19. The maximum absolute atomic E-state index is 11.4. The number of amides is 1. The predicted molar refractivity (Wildman–Crippen MR) is 76.0 cm³/mol. The zero-order valence-electron chi connectivity index (χ0n) is 10.9. The van der Waals surface area contributed by atoms with E-state index >= 15 is 0 Å². The van der Waals surface area contributed by atoms with Gasteiger partial charge >= 0.3 is 0 Å². The van der Waals surface area contributed by atoms with Gasteiger partial charge in [0.25, 0.3) is 5.91 Å². The molecule has 1 aromatic carbocycles. The number of benzene rings is 1. The second-order valence-electron chi connectivity index (χ2n) is 5.46. The Kier molecular flexibility index (Phi) is 3.03. The van der Waals surface area contributed by atoms with Crippen LogP contribution in [0.25, 0.3) is 10.9 Å². The monoisotopic (exact) mass is 257 g/mol. The van der Waals surface area contributed by atoms with Crippen LogP contribution in [0.3, 0.4) is 0 Å². The van der Waals surface area contributed by atoms with Crippen molar-refractivity contribution in [2.45, 2.75) is 37.6 Å². The van der Waals surface area contributed by atoms with Gasteiger partial charge in [-0.3, -0.25) is 4.79 Å². The summed E-state index contributed by atoms with van der Waals surface area (Å²) in [4.78, 5) is 14.6. The molecular weight excluding hydrogens is 238 g/mol. The summed E-state index contributed by atoms with van der Waals surface area (Å²) in [6.07, 6.45) is 6.35. The van der Waals surface area contributed by atoms with Crippen LogP contribution < -0.4 is 11.5 Å². The molecule has 0 radical (unpaired) electrons. The quantitative estimate of drug-likeness (QED) is 0.770. The second kappa shape index (κ2) is 4.70. The molecule has 19 heavy (non-hydrogen) atoms. The molecule has 1 fully saturated rings. The summed E-state index contributed by atoms with van der Waals surface area (Å²) in [6.45, 7) is 0. The maximum Gasteiger partial charge on any atom is 0.250 e. The molecule has 0 spiro atoms. The van der Waals surface area contributed by atoms with E-state index in [1.807, 2.05) is 24.4 Å². The average molecular weight is 257 g/mol. The molecule has 1 amide bonds. The molecule has 1 saturated carbocycles. The van der Waals surface area contributed by atoms with Crippen LogP contribution in [0, 0.1) is 0 Å². The molecule has 1 heterocycles. The number of hydrogen-bond acceptors (Lipinski definition) is 2. The summed E-state index contributed by atoms with van der Waals surface area (Å²) in [5.74, 6) is 0.100. The third-order valence-corrected chi connectivity index (χ3v) is 4.18. The van der Waals surface area contributed by atoms with E-state index in [9.17, 15) is 4.79 Å². The summed E-state index contributed by atoms with van der Waals surface area (Å²) in [5, 5.41) is 1.11. The standard InChI is InChI=1S/C15H19N3O/c16-10-3-1-2-9(8-10)11-4-5-13(15(17)19)14-12(11)6-7-18-14/h4-7,9-10,18H,1-3,8,16H2,(H2,17,19)/t9-,10-/m1/s1. The third-order valence-electron chi connectivity index (χ3n) is 4.18. The van der Waals surface area contributed by atoms with Crippen LogP contribution in [0.5, 0.6) is 0 Å². The molecule has 1 aromatic heterocycles. The van der Waals surface area contributed by atoms with Crippen molar-refractivity contribution in [2.24, 2.45) is 11.5 Å². The summed E-state index contributed by atoms with van der Waals surface area (Å²) in [7, 11) is 0. The average Bonchev–Trinajstić information content (AvgIpc) is 2.86. The Morgan fingerprint density at radius 3 is 2.84 bits per heavy atom. The van der Waals surface area contributed by atoms with Gasteiger partial charge in [-0.15, -0.1) is 0 Å². The van der Waals surface area contributed by atoms with E-state index in [1.54, 1.807) is 0 Å². The van der Waals surface area contributed by atoms with Gasteiger partial charge in [-0.1, -0.05) is 12.5 Å². The van der Waals surface area contributed by atoms with Gasteiger partial charge < -0.3 is 16.5 Å². The van der Waals surface area contributed by atoms with Crippen molar-refractivity contribution in [3.05, 3.63) is 35.5 Å². The van der Waals surface area contributed by atoms with E-state index in [0.717, 1.165) is 23.7 Å². The van der Waals surface area contributed by atoms with Gasteiger partial charge in [0.05, 0.1) is 11.1 Å². The van der Waals surface area contributed by atoms with Gasteiger partial charge in [-0.05, 0) is 42.9 Å². The molecule has 1 aliphatic rings. The first-order valence-electron chi connectivity index (χ1n) is 6.82. The Hall–Kier alpha value is -1.81. The fourth-order valence-electron chi connectivity index (χ4n) is 3.25. The van der Waals surface area contributed by atoms with E-state index in [2.05, 4.69) is 4.98 Å². The van der Waals surface area contributed by atoms with E-state index in [0.29, 0.717) is 17.5 Å². The van der Waals surface area contributed by atoms with Gasteiger partial charge in [-0.25, -0.2) is 0 Å². The molecule has 0 saturated heterocycles. The van der Waals surface area contributed by atoms with Crippen LogP contribution in [0.4, 0.5) is 0 Å². The van der Waals surface area contributed by atoms with Gasteiger partial charge in [0, 0.05) is 17.6 Å². The van der Waals surface area contributed by atoms with E-state index < -0.39 is 0 Å². The first kappa shape index (κ1) is 12.2. The van der Waals surface area contributed by atoms with E-state index in [4.69, 9.17) is 11.5 Å². The maximum atomic E-state index is 11.4. The van der Waals surface area contributed by atoms with Crippen LogP contribution in [0.1, 0.15) is 47.5 Å². The molecule has 1 aliphatic carbocycles. The molecule has 0 bridgehead atoms. The van der Waals surface area contributed by atoms with Crippen LogP contribution in [-0.4, -0.2) is 16.9 Å². The van der Waals surface area contributed by atoms with Crippen molar-refractivity contribution in [1.82, 2.24) is 4.98 Å². The van der Waals surface area contributed by atoms with Crippen molar-refractivity contribution >= 4 is 16.8 Å². The minimum absolute atomic E-state index is 0.295. The second-order valence-corrected chi connectivity index (χ2v) is 5.46. The molecular formula is C15H19N3O. The largest absolute Gasteiger partial charge is 0.366 e. The summed E-state index contributed by atoms with van der Waals surface area (Å²) < 4.78 is 0. The minimum atomic E-state index is -0.389. The number of nitrogens with two attached hydrogens (primary N) is 2. The number of carbonyl (C=O) groups is 1. The molecule has 5 N–H and O–H groups in total. The van der Waals surface area contributed by atoms with Crippen LogP contribution in [0.2, 0.25) is 0 Å². The zero-order valence-corrected chi connectivity index (χ0v) is 10.9. The Bertz CT molecular complexity index is 617. The molecule has 0 unspecified atom stereocenters. The van der Waals surface area contributed by atoms with Crippen LogP contribution >= 0.6 is 0 Å². The number of rotatable bonds is 2. The number of H-pyrrole nitrogens is 1. The lowest BCUT2D eigenvalue weighted by molar-refractivity contribution is 0.100.